The quantitative estimate of drug-likeness (QED) is 0.214. The van der Waals surface area contributed by atoms with Crippen molar-refractivity contribution < 1.29 is 39.7 Å². The van der Waals surface area contributed by atoms with Gasteiger partial charge in [0, 0.05) is 28.8 Å². The summed E-state index contributed by atoms with van der Waals surface area (Å²) in [6.45, 7) is 8.66. The molecule has 0 spiro atoms. The predicted molar refractivity (Wildman–Crippen MR) is 141 cm³/mol. The molecule has 1 aromatic heterocycles. The smallest absolute Gasteiger partial charge is 0.201 e. The maximum Gasteiger partial charge on any atom is 0.382 e. The molecule has 2 aromatic carbocycles. The molecule has 3 aromatic rings. The van der Waals surface area contributed by atoms with E-state index in [0.717, 1.165) is 42.9 Å². The first kappa shape index (κ1) is 29.5. The van der Waals surface area contributed by atoms with E-state index in [0.29, 0.717) is 34.7 Å². The number of nitrogens with zero attached hydrogens (tertiary/aromatic N) is 1. The lowest BCUT2D eigenvalue weighted by atomic mass is 9.69. The van der Waals surface area contributed by atoms with E-state index in [-0.39, 0.29) is 5.56 Å². The zero-order valence-electron chi connectivity index (χ0n) is 23.5. The van der Waals surface area contributed by atoms with Gasteiger partial charge in [-0.05, 0) is 90.8 Å². The Bertz CT molecular complexity index is 1510. The molecule has 0 aliphatic heterocycles. The van der Waals surface area contributed by atoms with Crippen LogP contribution in [0.4, 0.5) is 35.1 Å². The van der Waals surface area contributed by atoms with Crippen LogP contribution in [-0.4, -0.2) is 11.8 Å². The first-order valence-corrected chi connectivity index (χ1v) is 13.6. The molecule has 1 nitrogen and oxygen atoms in total. The van der Waals surface area contributed by atoms with Gasteiger partial charge in [-0.2, -0.15) is 35.1 Å². The van der Waals surface area contributed by atoms with Gasteiger partial charge in [-0.15, -0.1) is 0 Å². The van der Waals surface area contributed by atoms with Crippen molar-refractivity contribution in [1.29, 1.82) is 0 Å². The van der Waals surface area contributed by atoms with Gasteiger partial charge in [0.15, 0.2) is 6.20 Å². The second-order valence-electron chi connectivity index (χ2n) is 12.4. The molecule has 5 rings (SSSR count). The Morgan fingerprint density at radius 1 is 0.707 bits per heavy atom. The Kier molecular flexibility index (Phi) is 6.67. The molecule has 0 unspecified atom stereocenters. The first-order valence-electron chi connectivity index (χ1n) is 13.6. The third-order valence-corrected chi connectivity index (χ3v) is 9.12. The van der Waals surface area contributed by atoms with Crippen LogP contribution < -0.4 is 4.57 Å². The number of benzene rings is 2. The summed E-state index contributed by atoms with van der Waals surface area (Å²) in [7, 11) is 1.80. The highest BCUT2D eigenvalue weighted by molar-refractivity contribution is 5.72. The van der Waals surface area contributed by atoms with Crippen LogP contribution in [0.3, 0.4) is 0 Å². The summed E-state index contributed by atoms with van der Waals surface area (Å²) in [6, 6.07) is 9.05. The highest BCUT2D eigenvalue weighted by Gasteiger charge is 2.85. The van der Waals surface area contributed by atoms with Crippen LogP contribution in [0.25, 0.3) is 22.4 Å². The minimum absolute atomic E-state index is 0.0680. The number of fused-ring (bicyclic) bond motifs is 1. The van der Waals surface area contributed by atoms with E-state index in [1.807, 2.05) is 23.6 Å². The Hall–Kier alpha value is -2.97. The maximum atomic E-state index is 14.7. The number of halogens is 8. The van der Waals surface area contributed by atoms with Crippen LogP contribution in [-0.2, 0) is 18.9 Å². The molecule has 2 aliphatic carbocycles. The van der Waals surface area contributed by atoms with E-state index in [1.54, 1.807) is 19.3 Å². The van der Waals surface area contributed by atoms with Crippen molar-refractivity contribution in [2.24, 2.45) is 12.5 Å². The van der Waals surface area contributed by atoms with Gasteiger partial charge in [0.05, 0.1) is 0 Å². The van der Waals surface area contributed by atoms with Gasteiger partial charge in [0.25, 0.3) is 0 Å². The number of hydrogen-bond donors (Lipinski definition) is 0. The fraction of sp³-hybridized carbons (Fsp3) is 0.469. The van der Waals surface area contributed by atoms with Gasteiger partial charge in [-0.3, -0.25) is 0 Å². The SMILES string of the molecule is Cc1ccc(-c2cc(-c3ccc4c(c3)C(F)(F)C(F)(F)C(F)(F)C4(F)F)cc[n+]2C)c(C)c1C1CCC(C)(C)CC1. The summed E-state index contributed by atoms with van der Waals surface area (Å²) in [5.41, 5.74) is 2.01. The Balaban J connectivity index is 1.61. The van der Waals surface area contributed by atoms with Crippen LogP contribution in [0, 0.1) is 19.3 Å². The lowest BCUT2D eigenvalue weighted by Gasteiger charge is -2.42. The van der Waals surface area contributed by atoms with Crippen molar-refractivity contribution in [3.05, 3.63) is 76.5 Å². The lowest BCUT2D eigenvalue weighted by Crippen LogP contribution is -2.63. The average Bonchev–Trinajstić information content (AvgIpc) is 2.89. The largest absolute Gasteiger partial charge is 0.382 e. The van der Waals surface area contributed by atoms with Crippen LogP contribution in [0.1, 0.15) is 73.3 Å². The fourth-order valence-electron chi connectivity index (χ4n) is 6.46. The number of alkyl halides is 8. The highest BCUT2D eigenvalue weighted by atomic mass is 19.4. The van der Waals surface area contributed by atoms with Crippen LogP contribution in [0.2, 0.25) is 0 Å². The number of aromatic nitrogens is 1. The molecule has 1 heterocycles. The van der Waals surface area contributed by atoms with Gasteiger partial charge < -0.3 is 0 Å². The van der Waals surface area contributed by atoms with E-state index < -0.39 is 34.8 Å². The number of aryl methyl sites for hydroxylation is 2. The molecule has 1 saturated carbocycles. The maximum absolute atomic E-state index is 14.7. The molecule has 0 radical (unpaired) electrons. The van der Waals surface area contributed by atoms with E-state index >= 15 is 0 Å². The molecular formula is C32H32F8N+. The second-order valence-corrected chi connectivity index (χ2v) is 12.4. The first-order chi connectivity index (χ1) is 18.8. The van der Waals surface area contributed by atoms with Gasteiger partial charge in [0.2, 0.25) is 5.69 Å². The van der Waals surface area contributed by atoms with E-state index in [4.69, 9.17) is 0 Å². The molecule has 41 heavy (non-hydrogen) atoms. The van der Waals surface area contributed by atoms with Gasteiger partial charge in [-0.25, -0.2) is 4.57 Å². The standard InChI is InChI=1S/C32H32F8N/c1-18-6-8-23(19(2)27(18)20-10-13-28(3,4)14-11-20)26-17-22(12-15-41(26)5)21-7-9-24-25(16-21)30(35,36)32(39,40)31(37,38)29(24,33)34/h6-9,12,15-17,20H,10-11,13-14H2,1-5H3/q+1. The third kappa shape index (κ3) is 4.28. The summed E-state index contributed by atoms with van der Waals surface area (Å²) >= 11 is 0. The van der Waals surface area contributed by atoms with Crippen molar-refractivity contribution in [2.45, 2.75) is 83.0 Å². The zero-order valence-corrected chi connectivity index (χ0v) is 23.5. The minimum Gasteiger partial charge on any atom is -0.201 e. The van der Waals surface area contributed by atoms with E-state index in [1.165, 1.54) is 17.2 Å². The summed E-state index contributed by atoms with van der Waals surface area (Å²) in [4.78, 5) is 0. The van der Waals surface area contributed by atoms with Crippen molar-refractivity contribution >= 4 is 0 Å². The molecule has 0 saturated heterocycles. The van der Waals surface area contributed by atoms with Crippen molar-refractivity contribution in [3.63, 3.8) is 0 Å². The number of rotatable bonds is 3. The molecule has 2 aliphatic rings. The van der Waals surface area contributed by atoms with Crippen molar-refractivity contribution in [3.8, 4) is 22.4 Å². The van der Waals surface area contributed by atoms with Crippen LogP contribution in [0.15, 0.2) is 48.7 Å². The molecule has 1 fully saturated rings. The lowest BCUT2D eigenvalue weighted by molar-refractivity contribution is -0.660. The van der Waals surface area contributed by atoms with Crippen molar-refractivity contribution in [1.82, 2.24) is 0 Å². The van der Waals surface area contributed by atoms with E-state index in [2.05, 4.69) is 20.8 Å². The second kappa shape index (κ2) is 9.27. The molecule has 0 atom stereocenters. The average molecular weight is 583 g/mol. The minimum atomic E-state index is -6.28. The van der Waals surface area contributed by atoms with Crippen LogP contribution >= 0.6 is 0 Å². The zero-order chi connectivity index (χ0) is 30.3. The van der Waals surface area contributed by atoms with Gasteiger partial charge in [0.1, 0.15) is 7.05 Å². The Labute approximate surface area is 234 Å². The molecule has 9 heteroatoms. The van der Waals surface area contributed by atoms with Crippen LogP contribution in [0.5, 0.6) is 0 Å². The summed E-state index contributed by atoms with van der Waals surface area (Å²) in [6.07, 6.45) is 5.99. The summed E-state index contributed by atoms with van der Waals surface area (Å²) < 4.78 is 116. The van der Waals surface area contributed by atoms with Crippen molar-refractivity contribution in [2.75, 3.05) is 0 Å². The Morgan fingerprint density at radius 3 is 1.88 bits per heavy atom. The third-order valence-electron chi connectivity index (χ3n) is 9.12. The number of hydrogen-bond acceptors (Lipinski definition) is 0. The molecule has 0 amide bonds. The monoisotopic (exact) mass is 582 g/mol. The molecule has 0 N–H and O–H groups in total. The van der Waals surface area contributed by atoms with Gasteiger partial charge >= 0.3 is 23.7 Å². The summed E-state index contributed by atoms with van der Waals surface area (Å²) in [5.74, 6) is -23.2. The highest BCUT2D eigenvalue weighted by Crippen LogP contribution is 2.64. The molecule has 0 bridgehead atoms. The topological polar surface area (TPSA) is 3.88 Å². The predicted octanol–water partition coefficient (Wildman–Crippen LogP) is 9.61. The normalized spacial score (nSPS) is 22.3. The van der Waals surface area contributed by atoms with E-state index in [9.17, 15) is 35.1 Å². The fourth-order valence-corrected chi connectivity index (χ4v) is 6.46. The molecule has 220 valence electrons. The Morgan fingerprint density at radius 2 is 1.27 bits per heavy atom. The molecular weight excluding hydrogens is 550 g/mol. The van der Waals surface area contributed by atoms with Gasteiger partial charge in [-0.1, -0.05) is 32.0 Å². The number of pyridine rings is 1. The summed E-state index contributed by atoms with van der Waals surface area (Å²) in [5, 5.41) is 0.